The molecule has 86 valence electrons. The fourth-order valence-electron chi connectivity index (χ4n) is 1.73. The zero-order valence-electron chi connectivity index (χ0n) is 10.2. The van der Waals surface area contributed by atoms with Crippen LogP contribution >= 0.6 is 11.8 Å². The molecule has 1 N–H and O–H groups in total. The van der Waals surface area contributed by atoms with Gasteiger partial charge in [0, 0.05) is 17.3 Å². The zero-order chi connectivity index (χ0) is 11.6. The van der Waals surface area contributed by atoms with Gasteiger partial charge in [-0.2, -0.15) is 0 Å². The molecule has 0 atom stereocenters. The van der Waals surface area contributed by atoms with Crippen molar-refractivity contribution in [3.8, 4) is 0 Å². The van der Waals surface area contributed by atoms with E-state index < -0.39 is 0 Å². The van der Waals surface area contributed by atoms with E-state index in [4.69, 9.17) is 0 Å². The van der Waals surface area contributed by atoms with Gasteiger partial charge >= 0.3 is 0 Å². The molecular weight excluding hydrogens is 214 g/mol. The van der Waals surface area contributed by atoms with E-state index in [1.54, 1.807) is 0 Å². The molecule has 0 radical (unpaired) electrons. The maximum absolute atomic E-state index is 3.32. The zero-order valence-corrected chi connectivity index (χ0v) is 11.0. The normalized spacial score (nSPS) is 19.3. The third kappa shape index (κ3) is 2.89. The molecule has 2 heteroatoms. The lowest BCUT2D eigenvalue weighted by Crippen LogP contribution is -2.10. The van der Waals surface area contributed by atoms with Crippen LogP contribution in [-0.2, 0) is 5.41 Å². The Bertz CT molecular complexity index is 376. The van der Waals surface area contributed by atoms with Crippen LogP contribution in [0.2, 0.25) is 0 Å². The highest BCUT2D eigenvalue weighted by Gasteiger charge is 2.12. The van der Waals surface area contributed by atoms with E-state index in [2.05, 4.69) is 56.4 Å². The third-order valence-electron chi connectivity index (χ3n) is 2.76. The molecule has 0 unspecified atom stereocenters. The van der Waals surface area contributed by atoms with Gasteiger partial charge in [-0.15, -0.1) is 11.8 Å². The van der Waals surface area contributed by atoms with Crippen molar-refractivity contribution in [2.75, 3.05) is 12.4 Å². The van der Waals surface area contributed by atoms with Gasteiger partial charge in [0.1, 0.15) is 0 Å². The van der Waals surface area contributed by atoms with Crippen molar-refractivity contribution in [3.05, 3.63) is 40.3 Å². The first-order valence-electron chi connectivity index (χ1n) is 5.70. The summed E-state index contributed by atoms with van der Waals surface area (Å²) in [6.07, 6.45) is 2.27. The summed E-state index contributed by atoms with van der Waals surface area (Å²) >= 11 is 1.90. The lowest BCUT2D eigenvalue weighted by atomic mass is 9.87. The van der Waals surface area contributed by atoms with Gasteiger partial charge in [0.05, 0.1) is 0 Å². The lowest BCUT2D eigenvalue weighted by molar-refractivity contribution is 0.590. The standard InChI is InChI=1S/C14H19NS/c1-14(2,3)12-6-4-11(5-7-12)8-13-9-15-10-16-13/h4-8,15H,9-10H2,1-3H3. The first-order chi connectivity index (χ1) is 7.55. The summed E-state index contributed by atoms with van der Waals surface area (Å²) in [6.45, 7) is 7.76. The topological polar surface area (TPSA) is 12.0 Å². The van der Waals surface area contributed by atoms with Crippen LogP contribution in [0.15, 0.2) is 29.2 Å². The maximum Gasteiger partial charge on any atom is 0.0465 e. The average Bonchev–Trinajstić information content (AvgIpc) is 2.70. The maximum atomic E-state index is 3.32. The van der Waals surface area contributed by atoms with Gasteiger partial charge in [-0.3, -0.25) is 0 Å². The highest BCUT2D eigenvalue weighted by Crippen LogP contribution is 2.25. The number of benzene rings is 1. The van der Waals surface area contributed by atoms with E-state index in [9.17, 15) is 0 Å². The first kappa shape index (κ1) is 11.7. The van der Waals surface area contributed by atoms with Crippen LogP contribution in [0.25, 0.3) is 6.08 Å². The molecule has 0 aliphatic carbocycles. The van der Waals surface area contributed by atoms with Crippen molar-refractivity contribution in [2.45, 2.75) is 26.2 Å². The van der Waals surface area contributed by atoms with E-state index in [1.165, 1.54) is 16.0 Å². The van der Waals surface area contributed by atoms with Gasteiger partial charge in [0.2, 0.25) is 0 Å². The summed E-state index contributed by atoms with van der Waals surface area (Å²) in [6, 6.07) is 8.90. The first-order valence-corrected chi connectivity index (χ1v) is 6.69. The minimum Gasteiger partial charge on any atom is -0.303 e. The molecule has 0 amide bonds. The fourth-order valence-corrected chi connectivity index (χ4v) is 2.54. The predicted molar refractivity (Wildman–Crippen MR) is 73.6 cm³/mol. The van der Waals surface area contributed by atoms with Crippen LogP contribution in [0.5, 0.6) is 0 Å². The van der Waals surface area contributed by atoms with Gasteiger partial charge in [-0.25, -0.2) is 0 Å². The smallest absolute Gasteiger partial charge is 0.0465 e. The Morgan fingerprint density at radius 1 is 1.19 bits per heavy atom. The Morgan fingerprint density at radius 2 is 1.88 bits per heavy atom. The Morgan fingerprint density at radius 3 is 2.38 bits per heavy atom. The van der Waals surface area contributed by atoms with Gasteiger partial charge in [0.25, 0.3) is 0 Å². The van der Waals surface area contributed by atoms with Gasteiger partial charge < -0.3 is 5.32 Å². The van der Waals surface area contributed by atoms with Crippen LogP contribution in [0.1, 0.15) is 31.9 Å². The average molecular weight is 233 g/mol. The second kappa shape index (κ2) is 4.64. The van der Waals surface area contributed by atoms with E-state index in [0.717, 1.165) is 12.4 Å². The molecule has 1 saturated heterocycles. The van der Waals surface area contributed by atoms with Crippen molar-refractivity contribution in [1.82, 2.24) is 5.32 Å². The Kier molecular flexibility index (Phi) is 3.41. The van der Waals surface area contributed by atoms with Crippen molar-refractivity contribution in [1.29, 1.82) is 0 Å². The van der Waals surface area contributed by atoms with E-state index in [-0.39, 0.29) is 5.41 Å². The second-order valence-corrected chi connectivity index (χ2v) is 6.30. The molecule has 1 aliphatic rings. The van der Waals surface area contributed by atoms with Crippen LogP contribution in [-0.4, -0.2) is 12.4 Å². The molecule has 2 rings (SSSR count). The Hall–Kier alpha value is -0.730. The van der Waals surface area contributed by atoms with Gasteiger partial charge in [-0.05, 0) is 22.6 Å². The predicted octanol–water partition coefficient (Wildman–Crippen LogP) is 3.62. The summed E-state index contributed by atoms with van der Waals surface area (Å²) < 4.78 is 0. The van der Waals surface area contributed by atoms with Crippen molar-refractivity contribution < 1.29 is 0 Å². The fraction of sp³-hybridized carbons (Fsp3) is 0.429. The molecule has 16 heavy (non-hydrogen) atoms. The van der Waals surface area contributed by atoms with E-state index in [1.807, 2.05) is 11.8 Å². The Labute approximate surface area is 102 Å². The second-order valence-electron chi connectivity index (χ2n) is 5.20. The third-order valence-corrected chi connectivity index (χ3v) is 3.74. The van der Waals surface area contributed by atoms with Crippen LogP contribution < -0.4 is 5.32 Å². The van der Waals surface area contributed by atoms with Crippen molar-refractivity contribution in [2.24, 2.45) is 0 Å². The van der Waals surface area contributed by atoms with Gasteiger partial charge in [-0.1, -0.05) is 45.0 Å². The number of thioether (sulfide) groups is 1. The SMILES string of the molecule is CC(C)(C)c1ccc(C=C2CNCS2)cc1. The largest absolute Gasteiger partial charge is 0.303 e. The van der Waals surface area contributed by atoms with Crippen LogP contribution in [0.4, 0.5) is 0 Å². The van der Waals surface area contributed by atoms with Gasteiger partial charge in [0.15, 0.2) is 0 Å². The quantitative estimate of drug-likeness (QED) is 0.795. The Balaban J connectivity index is 2.16. The molecule has 1 aliphatic heterocycles. The van der Waals surface area contributed by atoms with Crippen LogP contribution in [0.3, 0.4) is 0 Å². The molecular formula is C14H19NS. The minimum atomic E-state index is 0.245. The molecule has 1 fully saturated rings. The molecule has 0 spiro atoms. The summed E-state index contributed by atoms with van der Waals surface area (Å²) in [7, 11) is 0. The highest BCUT2D eigenvalue weighted by molar-refractivity contribution is 8.03. The number of hydrogen-bond acceptors (Lipinski definition) is 2. The molecule has 1 aromatic rings. The molecule has 1 aromatic carbocycles. The van der Waals surface area contributed by atoms with Crippen LogP contribution in [0, 0.1) is 0 Å². The van der Waals surface area contributed by atoms with Crippen molar-refractivity contribution >= 4 is 17.8 Å². The highest BCUT2D eigenvalue weighted by atomic mass is 32.2. The summed E-state index contributed by atoms with van der Waals surface area (Å²) in [5, 5.41) is 3.32. The summed E-state index contributed by atoms with van der Waals surface area (Å²) in [5.41, 5.74) is 2.95. The number of hydrogen-bond donors (Lipinski definition) is 1. The lowest BCUT2D eigenvalue weighted by Gasteiger charge is -2.18. The van der Waals surface area contributed by atoms with E-state index >= 15 is 0 Å². The van der Waals surface area contributed by atoms with E-state index in [0.29, 0.717) is 0 Å². The molecule has 0 bridgehead atoms. The molecule has 1 heterocycles. The molecule has 1 nitrogen and oxygen atoms in total. The minimum absolute atomic E-state index is 0.245. The van der Waals surface area contributed by atoms with Crippen molar-refractivity contribution in [3.63, 3.8) is 0 Å². The summed E-state index contributed by atoms with van der Waals surface area (Å²) in [4.78, 5) is 1.43. The molecule has 0 aromatic heterocycles. The molecule has 0 saturated carbocycles. The number of rotatable bonds is 1. The summed E-state index contributed by atoms with van der Waals surface area (Å²) in [5.74, 6) is 1.05. The monoisotopic (exact) mass is 233 g/mol. The number of nitrogens with one attached hydrogen (secondary N) is 1.